The minimum absolute atomic E-state index is 0.166. The predicted molar refractivity (Wildman–Crippen MR) is 122 cm³/mol. The van der Waals surface area contributed by atoms with Gasteiger partial charge in [0.15, 0.2) is 0 Å². The van der Waals surface area contributed by atoms with Gasteiger partial charge in [-0.25, -0.2) is 18.4 Å². The van der Waals surface area contributed by atoms with Crippen LogP contribution >= 0.6 is 22.9 Å². The molecule has 2 atom stereocenters. The number of hydrogen-bond donors (Lipinski definition) is 2. The number of carbonyl (C=O) groups excluding carboxylic acids is 1. The fourth-order valence-electron chi connectivity index (χ4n) is 3.47. The molecule has 0 radical (unpaired) electrons. The maximum absolute atomic E-state index is 14.6. The SMILES string of the molecule is C[C@@H](NC(=O)c1ccc(-c2ccc(Cl)cc2)s1)[C@](O)(Cn1cncn1)c1ccc(F)cc1F. The van der Waals surface area contributed by atoms with Gasteiger partial charge in [-0.3, -0.25) is 4.79 Å². The van der Waals surface area contributed by atoms with Crippen molar-refractivity contribution in [1.82, 2.24) is 20.1 Å². The van der Waals surface area contributed by atoms with Crippen LogP contribution in [0.1, 0.15) is 22.2 Å². The van der Waals surface area contributed by atoms with Crippen LogP contribution in [0.2, 0.25) is 5.02 Å². The van der Waals surface area contributed by atoms with Crippen molar-refractivity contribution in [1.29, 1.82) is 0 Å². The van der Waals surface area contributed by atoms with Gasteiger partial charge in [-0.15, -0.1) is 11.3 Å². The van der Waals surface area contributed by atoms with E-state index in [-0.39, 0.29) is 12.1 Å². The van der Waals surface area contributed by atoms with Crippen molar-refractivity contribution in [3.05, 3.63) is 94.3 Å². The molecule has 2 heterocycles. The second kappa shape index (κ2) is 9.38. The third-order valence-corrected chi connectivity index (χ3v) is 6.67. The topological polar surface area (TPSA) is 80.0 Å². The number of nitrogens with one attached hydrogen (secondary N) is 1. The Bertz CT molecular complexity index is 1260. The van der Waals surface area contributed by atoms with Gasteiger partial charge in [-0.1, -0.05) is 29.8 Å². The highest BCUT2D eigenvalue weighted by molar-refractivity contribution is 7.17. The number of nitrogens with zero attached hydrogens (tertiary/aromatic N) is 3. The second-order valence-electron chi connectivity index (χ2n) is 7.51. The number of aromatic nitrogens is 3. The zero-order valence-electron chi connectivity index (χ0n) is 17.4. The number of aliphatic hydroxyl groups is 1. The van der Waals surface area contributed by atoms with Crippen molar-refractivity contribution in [2.75, 3.05) is 0 Å². The summed E-state index contributed by atoms with van der Waals surface area (Å²) in [6.07, 6.45) is 2.63. The van der Waals surface area contributed by atoms with E-state index in [1.54, 1.807) is 25.1 Å². The number of carbonyl (C=O) groups is 1. The average Bonchev–Trinajstić information content (AvgIpc) is 3.46. The minimum atomic E-state index is -1.93. The van der Waals surface area contributed by atoms with Gasteiger partial charge in [-0.05, 0) is 42.8 Å². The number of halogens is 3. The molecule has 0 aliphatic rings. The molecule has 10 heteroatoms. The van der Waals surface area contributed by atoms with E-state index in [0.29, 0.717) is 16.0 Å². The Morgan fingerprint density at radius 2 is 1.97 bits per heavy atom. The van der Waals surface area contributed by atoms with Gasteiger partial charge >= 0.3 is 0 Å². The molecule has 170 valence electrons. The average molecular weight is 489 g/mol. The normalized spacial score (nSPS) is 14.0. The Kier molecular flexibility index (Phi) is 6.55. The smallest absolute Gasteiger partial charge is 0.261 e. The van der Waals surface area contributed by atoms with E-state index in [4.69, 9.17) is 11.6 Å². The highest BCUT2D eigenvalue weighted by Crippen LogP contribution is 2.32. The van der Waals surface area contributed by atoms with Crippen molar-refractivity contribution in [2.24, 2.45) is 0 Å². The maximum Gasteiger partial charge on any atom is 0.261 e. The Labute approximate surface area is 197 Å². The standard InChI is InChI=1S/C23H19ClF2N4O2S/c1-14(29-22(31)21-9-8-20(33-21)15-2-4-16(24)5-3-15)23(32,11-30-13-27-12-28-30)18-7-6-17(25)10-19(18)26/h2-10,12-14,32H,11H2,1H3,(H,29,31)/t14-,23-/m1/s1. The maximum atomic E-state index is 14.6. The Balaban J connectivity index is 1.59. The molecule has 0 saturated carbocycles. The van der Waals surface area contributed by atoms with Gasteiger partial charge in [0, 0.05) is 21.5 Å². The molecule has 0 bridgehead atoms. The van der Waals surface area contributed by atoms with Gasteiger partial charge < -0.3 is 10.4 Å². The van der Waals surface area contributed by atoms with Gasteiger partial charge in [-0.2, -0.15) is 5.10 Å². The van der Waals surface area contributed by atoms with Crippen LogP contribution in [0.4, 0.5) is 8.78 Å². The number of thiophene rings is 1. The van der Waals surface area contributed by atoms with Crippen LogP contribution in [0.15, 0.2) is 67.3 Å². The zero-order chi connectivity index (χ0) is 23.6. The minimum Gasteiger partial charge on any atom is -0.381 e. The van der Waals surface area contributed by atoms with E-state index >= 15 is 0 Å². The van der Waals surface area contributed by atoms with Gasteiger partial charge in [0.2, 0.25) is 0 Å². The molecule has 4 aromatic rings. The van der Waals surface area contributed by atoms with Crippen molar-refractivity contribution in [2.45, 2.75) is 25.1 Å². The lowest BCUT2D eigenvalue weighted by molar-refractivity contribution is -0.0185. The van der Waals surface area contributed by atoms with Crippen LogP contribution in [0.3, 0.4) is 0 Å². The van der Waals surface area contributed by atoms with E-state index < -0.39 is 29.2 Å². The summed E-state index contributed by atoms with van der Waals surface area (Å²) >= 11 is 7.20. The highest BCUT2D eigenvalue weighted by atomic mass is 35.5. The Hall–Kier alpha value is -3.14. The van der Waals surface area contributed by atoms with Crippen molar-refractivity contribution in [3.8, 4) is 10.4 Å². The summed E-state index contributed by atoms with van der Waals surface area (Å²) in [4.78, 5) is 18.1. The quantitative estimate of drug-likeness (QED) is 0.397. The fraction of sp³-hybridized carbons (Fsp3) is 0.174. The van der Waals surface area contributed by atoms with E-state index in [1.165, 1.54) is 28.7 Å². The van der Waals surface area contributed by atoms with Crippen LogP contribution in [-0.4, -0.2) is 31.8 Å². The Morgan fingerprint density at radius 1 is 1.21 bits per heavy atom. The predicted octanol–water partition coefficient (Wildman–Crippen LogP) is 4.64. The first-order valence-electron chi connectivity index (χ1n) is 9.93. The third-order valence-electron chi connectivity index (χ3n) is 5.29. The summed E-state index contributed by atoms with van der Waals surface area (Å²) < 4.78 is 29.4. The molecule has 0 aliphatic carbocycles. The molecule has 2 N–H and O–H groups in total. The van der Waals surface area contributed by atoms with Crippen molar-refractivity contribution < 1.29 is 18.7 Å². The van der Waals surface area contributed by atoms with E-state index in [1.807, 2.05) is 18.2 Å². The second-order valence-corrected chi connectivity index (χ2v) is 9.03. The van der Waals surface area contributed by atoms with E-state index in [2.05, 4.69) is 15.4 Å². The monoisotopic (exact) mass is 488 g/mol. The summed E-state index contributed by atoms with van der Waals surface area (Å²) in [5.74, 6) is -2.14. The van der Waals surface area contributed by atoms with Crippen LogP contribution < -0.4 is 5.32 Å². The molecule has 2 aromatic carbocycles. The number of benzene rings is 2. The fourth-order valence-corrected chi connectivity index (χ4v) is 4.51. The van der Waals surface area contributed by atoms with Gasteiger partial charge in [0.25, 0.3) is 5.91 Å². The summed E-state index contributed by atoms with van der Waals surface area (Å²) in [6, 6.07) is 12.7. The van der Waals surface area contributed by atoms with Gasteiger partial charge in [0.05, 0.1) is 17.5 Å². The first-order valence-corrected chi connectivity index (χ1v) is 11.1. The van der Waals surface area contributed by atoms with E-state index in [0.717, 1.165) is 22.6 Å². The molecule has 4 rings (SSSR count). The van der Waals surface area contributed by atoms with Crippen molar-refractivity contribution >= 4 is 28.8 Å². The summed E-state index contributed by atoms with van der Waals surface area (Å²) in [5, 5.41) is 18.8. The number of hydrogen-bond acceptors (Lipinski definition) is 5. The number of rotatable bonds is 7. The summed E-state index contributed by atoms with van der Waals surface area (Å²) in [7, 11) is 0. The molecule has 6 nitrogen and oxygen atoms in total. The first kappa shape index (κ1) is 23.0. The lowest BCUT2D eigenvalue weighted by Crippen LogP contribution is -2.51. The lowest BCUT2D eigenvalue weighted by atomic mass is 9.86. The molecule has 33 heavy (non-hydrogen) atoms. The summed E-state index contributed by atoms with van der Waals surface area (Å²) in [6.45, 7) is 1.34. The van der Waals surface area contributed by atoms with E-state index in [9.17, 15) is 18.7 Å². The van der Waals surface area contributed by atoms with Crippen LogP contribution in [0.5, 0.6) is 0 Å². The van der Waals surface area contributed by atoms with Crippen molar-refractivity contribution in [3.63, 3.8) is 0 Å². The van der Waals surface area contributed by atoms with Gasteiger partial charge in [0.1, 0.15) is 29.9 Å². The molecule has 0 saturated heterocycles. The molecule has 0 spiro atoms. The van der Waals surface area contributed by atoms with Crippen LogP contribution in [0.25, 0.3) is 10.4 Å². The molecular formula is C23H19ClF2N4O2S. The molecule has 0 fully saturated rings. The molecular weight excluding hydrogens is 470 g/mol. The zero-order valence-corrected chi connectivity index (χ0v) is 18.9. The van der Waals surface area contributed by atoms with Crippen LogP contribution in [0, 0.1) is 11.6 Å². The Morgan fingerprint density at radius 3 is 2.64 bits per heavy atom. The summed E-state index contributed by atoms with van der Waals surface area (Å²) in [5.41, 5.74) is -1.19. The molecule has 0 unspecified atom stereocenters. The molecule has 2 aromatic heterocycles. The first-order chi connectivity index (χ1) is 15.8. The van der Waals surface area contributed by atoms with Crippen LogP contribution in [-0.2, 0) is 12.1 Å². The molecule has 1 amide bonds. The third kappa shape index (κ3) is 4.95. The largest absolute Gasteiger partial charge is 0.381 e. The molecule has 0 aliphatic heterocycles. The highest BCUT2D eigenvalue weighted by Gasteiger charge is 2.40. The lowest BCUT2D eigenvalue weighted by Gasteiger charge is -2.35. The number of amides is 1.